The molecule has 13 heavy (non-hydrogen) atoms. The Morgan fingerprint density at radius 1 is 1.69 bits per heavy atom. The van der Waals surface area contributed by atoms with Crippen LogP contribution in [0.1, 0.15) is 25.5 Å². The Morgan fingerprint density at radius 3 is 3.23 bits per heavy atom. The van der Waals surface area contributed by atoms with E-state index in [0.29, 0.717) is 6.01 Å². The topological polar surface area (TPSA) is 37.9 Å². The van der Waals surface area contributed by atoms with E-state index in [9.17, 15) is 0 Å². The van der Waals surface area contributed by atoms with Gasteiger partial charge in [0.1, 0.15) is 0 Å². The lowest BCUT2D eigenvalue weighted by atomic mass is 10.3. The molecule has 1 aromatic rings. The Labute approximate surface area is 78.8 Å². The van der Waals surface area contributed by atoms with Gasteiger partial charge in [-0.2, -0.15) is 0 Å². The van der Waals surface area contributed by atoms with Crippen LogP contribution in [0.15, 0.2) is 18.9 Å². The van der Waals surface area contributed by atoms with Crippen LogP contribution in [0, 0.1) is 0 Å². The van der Waals surface area contributed by atoms with Gasteiger partial charge in [0.05, 0.1) is 12.8 Å². The molecule has 1 N–H and O–H groups in total. The summed E-state index contributed by atoms with van der Waals surface area (Å²) in [5, 5.41) is 0. The maximum atomic E-state index is 5.37. The minimum atomic E-state index is 0.616. The summed E-state index contributed by atoms with van der Waals surface area (Å²) < 4.78 is 5.37. The highest BCUT2D eigenvalue weighted by atomic mass is 16.5. The number of nitrogens with one attached hydrogen (secondary N) is 1. The number of ether oxygens (including phenoxy) is 1. The maximum absolute atomic E-state index is 5.37. The molecule has 3 nitrogen and oxygen atoms in total. The predicted octanol–water partition coefficient (Wildman–Crippen LogP) is 2.32. The number of unbranched alkanes of at least 4 members (excludes halogenated alkanes) is 1. The zero-order valence-corrected chi connectivity index (χ0v) is 8.05. The average Bonchev–Trinajstić information content (AvgIpc) is 2.54. The second-order valence-corrected chi connectivity index (χ2v) is 2.91. The van der Waals surface area contributed by atoms with Crippen LogP contribution >= 0.6 is 0 Å². The van der Waals surface area contributed by atoms with Crippen molar-refractivity contribution in [1.29, 1.82) is 0 Å². The first kappa shape index (κ1) is 9.84. The van der Waals surface area contributed by atoms with E-state index in [2.05, 4.69) is 23.5 Å². The minimum Gasteiger partial charge on any atom is -0.465 e. The molecule has 0 aliphatic carbocycles. The summed E-state index contributed by atoms with van der Waals surface area (Å²) in [5.74, 6) is 0. The Balaban J connectivity index is 2.35. The number of H-pyrrole nitrogens is 1. The van der Waals surface area contributed by atoms with E-state index >= 15 is 0 Å². The fourth-order valence-electron chi connectivity index (χ4n) is 0.984. The van der Waals surface area contributed by atoms with Crippen molar-refractivity contribution in [2.24, 2.45) is 0 Å². The van der Waals surface area contributed by atoms with E-state index in [1.807, 2.05) is 6.08 Å². The molecule has 3 heteroatoms. The molecule has 0 radical (unpaired) electrons. The van der Waals surface area contributed by atoms with Crippen molar-refractivity contribution in [3.63, 3.8) is 0 Å². The molecular formula is C10H16N2O. The van der Waals surface area contributed by atoms with E-state index in [1.165, 1.54) is 0 Å². The third kappa shape index (κ3) is 3.32. The largest absolute Gasteiger partial charge is 0.465 e. The van der Waals surface area contributed by atoms with E-state index in [0.717, 1.165) is 31.6 Å². The van der Waals surface area contributed by atoms with Crippen LogP contribution in [0.5, 0.6) is 6.01 Å². The van der Waals surface area contributed by atoms with Gasteiger partial charge in [-0.3, -0.25) is 0 Å². The molecule has 1 heterocycles. The van der Waals surface area contributed by atoms with Crippen LogP contribution in [-0.4, -0.2) is 16.6 Å². The fraction of sp³-hybridized carbons (Fsp3) is 0.500. The number of imidazole rings is 1. The lowest BCUT2D eigenvalue weighted by Gasteiger charge is -1.99. The standard InChI is InChI=1S/C10H16N2O/c1-3-5-7-13-10-11-8-9(12-10)6-4-2/h4,8H,2-3,5-7H2,1H3,(H,11,12). The normalized spacial score (nSPS) is 9.92. The molecule has 0 aliphatic rings. The van der Waals surface area contributed by atoms with Crippen LogP contribution in [0.4, 0.5) is 0 Å². The number of aromatic amines is 1. The number of hydrogen-bond acceptors (Lipinski definition) is 2. The lowest BCUT2D eigenvalue weighted by molar-refractivity contribution is 0.288. The van der Waals surface area contributed by atoms with Crippen molar-refractivity contribution in [3.8, 4) is 6.01 Å². The quantitative estimate of drug-likeness (QED) is 0.539. The number of aromatic nitrogens is 2. The lowest BCUT2D eigenvalue weighted by Crippen LogP contribution is -1.97. The van der Waals surface area contributed by atoms with E-state index in [-0.39, 0.29) is 0 Å². The molecule has 0 aliphatic heterocycles. The van der Waals surface area contributed by atoms with Gasteiger partial charge in [-0.1, -0.05) is 19.4 Å². The summed E-state index contributed by atoms with van der Waals surface area (Å²) >= 11 is 0. The van der Waals surface area contributed by atoms with Gasteiger partial charge in [0.15, 0.2) is 0 Å². The van der Waals surface area contributed by atoms with Crippen LogP contribution in [0.3, 0.4) is 0 Å². The van der Waals surface area contributed by atoms with Crippen molar-refractivity contribution < 1.29 is 4.74 Å². The van der Waals surface area contributed by atoms with Gasteiger partial charge >= 0.3 is 0 Å². The molecule has 0 aromatic carbocycles. The molecule has 0 saturated heterocycles. The average molecular weight is 180 g/mol. The number of hydrogen-bond donors (Lipinski definition) is 1. The van der Waals surface area contributed by atoms with E-state index in [4.69, 9.17) is 4.74 Å². The summed E-state index contributed by atoms with van der Waals surface area (Å²) in [6.45, 7) is 6.52. The van der Waals surface area contributed by atoms with Gasteiger partial charge in [0.2, 0.25) is 0 Å². The van der Waals surface area contributed by atoms with Gasteiger partial charge < -0.3 is 9.72 Å². The first-order chi connectivity index (χ1) is 6.36. The van der Waals surface area contributed by atoms with E-state index in [1.54, 1.807) is 6.20 Å². The van der Waals surface area contributed by atoms with Crippen LogP contribution in [0.2, 0.25) is 0 Å². The molecule has 0 spiro atoms. The molecule has 0 atom stereocenters. The Bertz CT molecular complexity index is 255. The predicted molar refractivity (Wildman–Crippen MR) is 52.9 cm³/mol. The second-order valence-electron chi connectivity index (χ2n) is 2.91. The van der Waals surface area contributed by atoms with Gasteiger partial charge in [-0.05, 0) is 6.42 Å². The highest BCUT2D eigenvalue weighted by molar-refractivity contribution is 5.07. The maximum Gasteiger partial charge on any atom is 0.293 e. The molecule has 0 bridgehead atoms. The molecule has 72 valence electrons. The molecule has 0 amide bonds. The molecule has 1 rings (SSSR count). The second kappa shape index (κ2) is 5.41. The third-order valence-electron chi connectivity index (χ3n) is 1.71. The monoisotopic (exact) mass is 180 g/mol. The number of nitrogens with zero attached hydrogens (tertiary/aromatic N) is 1. The van der Waals surface area contributed by atoms with Crippen molar-refractivity contribution in [1.82, 2.24) is 9.97 Å². The molecule has 0 fully saturated rings. The zero-order valence-electron chi connectivity index (χ0n) is 8.05. The fourth-order valence-corrected chi connectivity index (χ4v) is 0.984. The van der Waals surface area contributed by atoms with Crippen molar-refractivity contribution in [2.45, 2.75) is 26.2 Å². The SMILES string of the molecule is C=CCc1cnc(OCCCC)[nH]1. The van der Waals surface area contributed by atoms with Crippen molar-refractivity contribution in [3.05, 3.63) is 24.5 Å². The van der Waals surface area contributed by atoms with Crippen molar-refractivity contribution >= 4 is 0 Å². The minimum absolute atomic E-state index is 0.616. The van der Waals surface area contributed by atoms with Crippen LogP contribution in [0.25, 0.3) is 0 Å². The van der Waals surface area contributed by atoms with Gasteiger partial charge in [-0.25, -0.2) is 4.98 Å². The molecule has 0 saturated carbocycles. The summed E-state index contributed by atoms with van der Waals surface area (Å²) in [4.78, 5) is 7.15. The highest BCUT2D eigenvalue weighted by Gasteiger charge is 1.98. The summed E-state index contributed by atoms with van der Waals surface area (Å²) in [7, 11) is 0. The Morgan fingerprint density at radius 2 is 2.54 bits per heavy atom. The smallest absolute Gasteiger partial charge is 0.293 e. The summed E-state index contributed by atoms with van der Waals surface area (Å²) in [5.41, 5.74) is 1.04. The number of rotatable bonds is 6. The first-order valence-corrected chi connectivity index (χ1v) is 4.64. The van der Waals surface area contributed by atoms with Gasteiger partial charge in [0, 0.05) is 12.1 Å². The highest BCUT2D eigenvalue weighted by Crippen LogP contribution is 2.06. The third-order valence-corrected chi connectivity index (χ3v) is 1.71. The summed E-state index contributed by atoms with van der Waals surface area (Å²) in [6.07, 6.45) is 6.63. The van der Waals surface area contributed by atoms with Crippen LogP contribution < -0.4 is 4.74 Å². The first-order valence-electron chi connectivity index (χ1n) is 4.64. The molecule has 0 unspecified atom stereocenters. The van der Waals surface area contributed by atoms with E-state index < -0.39 is 0 Å². The van der Waals surface area contributed by atoms with Crippen LogP contribution in [-0.2, 0) is 6.42 Å². The van der Waals surface area contributed by atoms with Crippen molar-refractivity contribution in [2.75, 3.05) is 6.61 Å². The Kier molecular flexibility index (Phi) is 4.09. The summed E-state index contributed by atoms with van der Waals surface area (Å²) in [6, 6.07) is 0.616. The number of allylic oxidation sites excluding steroid dienone is 1. The molecular weight excluding hydrogens is 164 g/mol. The van der Waals surface area contributed by atoms with Gasteiger partial charge in [-0.15, -0.1) is 6.58 Å². The Hall–Kier alpha value is -1.25. The van der Waals surface area contributed by atoms with Gasteiger partial charge in [0.25, 0.3) is 6.01 Å². The zero-order chi connectivity index (χ0) is 9.52. The molecule has 1 aromatic heterocycles.